The maximum absolute atomic E-state index is 6.01. The third-order valence-corrected chi connectivity index (χ3v) is 2.56. The lowest BCUT2D eigenvalue weighted by Gasteiger charge is -2.13. The average Bonchev–Trinajstić information content (AvgIpc) is 2.28. The number of rotatable bonds is 5. The van der Waals surface area contributed by atoms with Crippen LogP contribution in [-0.2, 0) is 11.3 Å². The number of aliphatic imine (C=N–C) groups is 1. The first kappa shape index (κ1) is 13.8. The molecule has 0 radical (unpaired) electrons. The lowest BCUT2D eigenvalue weighted by Crippen LogP contribution is -2.40. The fourth-order valence-corrected chi connectivity index (χ4v) is 1.58. The molecule has 0 bridgehead atoms. The molecule has 0 aliphatic heterocycles. The van der Waals surface area contributed by atoms with E-state index in [1.54, 1.807) is 7.11 Å². The van der Waals surface area contributed by atoms with Gasteiger partial charge in [-0.05, 0) is 18.6 Å². The van der Waals surface area contributed by atoms with Crippen molar-refractivity contribution in [2.24, 2.45) is 10.7 Å². The first-order valence-electron chi connectivity index (χ1n) is 5.42. The molecule has 0 aliphatic carbocycles. The maximum atomic E-state index is 6.01. The van der Waals surface area contributed by atoms with Crippen LogP contribution in [0.3, 0.4) is 0 Å². The van der Waals surface area contributed by atoms with Gasteiger partial charge in [-0.1, -0.05) is 29.8 Å². The van der Waals surface area contributed by atoms with E-state index in [-0.39, 0.29) is 6.04 Å². The molecule has 0 heterocycles. The van der Waals surface area contributed by atoms with E-state index in [4.69, 9.17) is 22.1 Å². The van der Waals surface area contributed by atoms with Gasteiger partial charge >= 0.3 is 0 Å². The number of hydrogen-bond donors (Lipinski definition) is 2. The van der Waals surface area contributed by atoms with Crippen molar-refractivity contribution in [3.05, 3.63) is 34.9 Å². The number of halogens is 1. The normalized spacial score (nSPS) is 13.5. The van der Waals surface area contributed by atoms with Crippen LogP contribution in [-0.4, -0.2) is 25.7 Å². The number of nitrogens with two attached hydrogens (primary N) is 1. The van der Waals surface area contributed by atoms with E-state index in [1.165, 1.54) is 0 Å². The van der Waals surface area contributed by atoms with Crippen molar-refractivity contribution in [2.45, 2.75) is 19.5 Å². The highest BCUT2D eigenvalue weighted by Crippen LogP contribution is 2.15. The van der Waals surface area contributed by atoms with E-state index < -0.39 is 0 Å². The minimum absolute atomic E-state index is 0.134. The Balaban J connectivity index is 2.50. The molecule has 0 saturated heterocycles. The standard InChI is InChI=1S/C12H18ClN3O/c1-9(8-17-2)16-12(14)15-7-10-5-3-4-6-11(10)13/h3-6,9H,7-8H2,1-2H3,(H3,14,15,16). The van der Waals surface area contributed by atoms with E-state index in [1.807, 2.05) is 31.2 Å². The summed E-state index contributed by atoms with van der Waals surface area (Å²) in [7, 11) is 1.65. The molecule has 0 amide bonds. The van der Waals surface area contributed by atoms with Gasteiger partial charge in [-0.25, -0.2) is 4.99 Å². The highest BCUT2D eigenvalue weighted by molar-refractivity contribution is 6.31. The second-order valence-electron chi connectivity index (χ2n) is 3.79. The Morgan fingerprint density at radius 2 is 2.24 bits per heavy atom. The van der Waals surface area contributed by atoms with Crippen LogP contribution in [0, 0.1) is 0 Å². The summed E-state index contributed by atoms with van der Waals surface area (Å²) < 4.78 is 4.99. The molecule has 1 unspecified atom stereocenters. The van der Waals surface area contributed by atoms with Crippen LogP contribution in [0.2, 0.25) is 5.02 Å². The lowest BCUT2D eigenvalue weighted by molar-refractivity contribution is 0.179. The monoisotopic (exact) mass is 255 g/mol. The van der Waals surface area contributed by atoms with Gasteiger partial charge in [0.15, 0.2) is 5.96 Å². The van der Waals surface area contributed by atoms with Gasteiger partial charge in [0, 0.05) is 18.2 Å². The molecular formula is C12H18ClN3O. The van der Waals surface area contributed by atoms with Gasteiger partial charge in [0.25, 0.3) is 0 Å². The Bertz CT molecular complexity index is 382. The quantitative estimate of drug-likeness (QED) is 0.623. The molecule has 1 rings (SSSR count). The Hall–Kier alpha value is -1.26. The summed E-state index contributed by atoms with van der Waals surface area (Å²) in [4.78, 5) is 4.22. The zero-order valence-electron chi connectivity index (χ0n) is 10.1. The van der Waals surface area contributed by atoms with Crippen LogP contribution >= 0.6 is 11.6 Å². The molecule has 1 atom stereocenters. The van der Waals surface area contributed by atoms with Gasteiger partial charge in [-0.15, -0.1) is 0 Å². The molecular weight excluding hydrogens is 238 g/mol. The molecule has 0 fully saturated rings. The average molecular weight is 256 g/mol. The van der Waals surface area contributed by atoms with Crippen LogP contribution in [0.25, 0.3) is 0 Å². The largest absolute Gasteiger partial charge is 0.383 e. The van der Waals surface area contributed by atoms with Crippen molar-refractivity contribution >= 4 is 17.6 Å². The molecule has 5 heteroatoms. The molecule has 4 nitrogen and oxygen atoms in total. The highest BCUT2D eigenvalue weighted by Gasteiger charge is 2.02. The Morgan fingerprint density at radius 1 is 1.53 bits per heavy atom. The van der Waals surface area contributed by atoms with Gasteiger partial charge < -0.3 is 15.8 Å². The van der Waals surface area contributed by atoms with Gasteiger partial charge in [0.05, 0.1) is 13.2 Å². The van der Waals surface area contributed by atoms with Crippen molar-refractivity contribution in [3.8, 4) is 0 Å². The predicted octanol–water partition coefficient (Wildman–Crippen LogP) is 1.78. The summed E-state index contributed by atoms with van der Waals surface area (Å²) in [6, 6.07) is 7.71. The van der Waals surface area contributed by atoms with Gasteiger partial charge in [0.2, 0.25) is 0 Å². The first-order valence-corrected chi connectivity index (χ1v) is 5.80. The van der Waals surface area contributed by atoms with Crippen molar-refractivity contribution in [1.29, 1.82) is 0 Å². The molecule has 0 saturated carbocycles. The van der Waals surface area contributed by atoms with Gasteiger partial charge in [0.1, 0.15) is 0 Å². The summed E-state index contributed by atoms with van der Waals surface area (Å²) in [5.41, 5.74) is 6.70. The van der Waals surface area contributed by atoms with E-state index in [0.717, 1.165) is 5.56 Å². The molecule has 17 heavy (non-hydrogen) atoms. The highest BCUT2D eigenvalue weighted by atomic mass is 35.5. The van der Waals surface area contributed by atoms with E-state index >= 15 is 0 Å². The molecule has 0 spiro atoms. The first-order chi connectivity index (χ1) is 8.13. The molecule has 94 valence electrons. The minimum atomic E-state index is 0.134. The second-order valence-corrected chi connectivity index (χ2v) is 4.20. The lowest BCUT2D eigenvalue weighted by atomic mass is 10.2. The number of guanidine groups is 1. The van der Waals surface area contributed by atoms with E-state index in [9.17, 15) is 0 Å². The molecule has 3 N–H and O–H groups in total. The second kappa shape index (κ2) is 7.14. The van der Waals surface area contributed by atoms with Crippen LogP contribution < -0.4 is 11.1 Å². The van der Waals surface area contributed by atoms with Crippen molar-refractivity contribution in [3.63, 3.8) is 0 Å². The third-order valence-electron chi connectivity index (χ3n) is 2.19. The van der Waals surface area contributed by atoms with Gasteiger partial charge in [-0.3, -0.25) is 0 Å². The van der Waals surface area contributed by atoms with Crippen LogP contribution in [0.4, 0.5) is 0 Å². The Labute approximate surface area is 107 Å². The Morgan fingerprint density at radius 3 is 2.88 bits per heavy atom. The fraction of sp³-hybridized carbons (Fsp3) is 0.417. The third kappa shape index (κ3) is 5.06. The topological polar surface area (TPSA) is 59.6 Å². The number of methoxy groups -OCH3 is 1. The Kier molecular flexibility index (Phi) is 5.80. The van der Waals surface area contributed by atoms with Crippen molar-refractivity contribution in [2.75, 3.05) is 13.7 Å². The smallest absolute Gasteiger partial charge is 0.189 e. The molecule has 0 aromatic heterocycles. The predicted molar refractivity (Wildman–Crippen MR) is 71.3 cm³/mol. The summed E-state index contributed by atoms with van der Waals surface area (Å²) in [5, 5.41) is 3.73. The SMILES string of the molecule is COCC(C)NC(N)=NCc1ccccc1Cl. The van der Waals surface area contributed by atoms with Gasteiger partial charge in [-0.2, -0.15) is 0 Å². The number of benzene rings is 1. The fourth-order valence-electron chi connectivity index (χ4n) is 1.39. The van der Waals surface area contributed by atoms with Crippen LogP contribution in [0.5, 0.6) is 0 Å². The van der Waals surface area contributed by atoms with Crippen molar-refractivity contribution < 1.29 is 4.74 Å². The molecule has 1 aromatic rings. The number of nitrogens with one attached hydrogen (secondary N) is 1. The number of hydrogen-bond acceptors (Lipinski definition) is 2. The molecule has 1 aromatic carbocycles. The van der Waals surface area contributed by atoms with E-state index in [2.05, 4.69) is 10.3 Å². The summed E-state index contributed by atoms with van der Waals surface area (Å²) in [5.74, 6) is 0.398. The van der Waals surface area contributed by atoms with Crippen molar-refractivity contribution in [1.82, 2.24) is 5.32 Å². The minimum Gasteiger partial charge on any atom is -0.383 e. The number of nitrogens with zero attached hydrogens (tertiary/aromatic N) is 1. The number of ether oxygens (including phenoxy) is 1. The summed E-state index contributed by atoms with van der Waals surface area (Å²) in [6.07, 6.45) is 0. The van der Waals surface area contributed by atoms with Crippen LogP contribution in [0.1, 0.15) is 12.5 Å². The van der Waals surface area contributed by atoms with E-state index in [0.29, 0.717) is 24.1 Å². The summed E-state index contributed by atoms with van der Waals surface area (Å²) in [6.45, 7) is 3.03. The zero-order valence-corrected chi connectivity index (χ0v) is 10.9. The zero-order chi connectivity index (χ0) is 12.7. The summed E-state index contributed by atoms with van der Waals surface area (Å²) >= 11 is 6.01. The maximum Gasteiger partial charge on any atom is 0.189 e. The molecule has 0 aliphatic rings. The van der Waals surface area contributed by atoms with Crippen LogP contribution in [0.15, 0.2) is 29.3 Å².